The number of carbonyl (C=O) groups excluding carboxylic acids is 3. The summed E-state index contributed by atoms with van der Waals surface area (Å²) in [6.07, 6.45) is 4.05. The van der Waals surface area contributed by atoms with E-state index in [-0.39, 0.29) is 17.0 Å². The molecule has 0 spiro atoms. The van der Waals surface area contributed by atoms with Crippen molar-refractivity contribution in [2.75, 3.05) is 5.32 Å². The number of pyridine rings is 1. The van der Waals surface area contributed by atoms with Gasteiger partial charge in [-0.25, -0.2) is 8.78 Å². The Morgan fingerprint density at radius 2 is 1.76 bits per heavy atom. The zero-order valence-electron chi connectivity index (χ0n) is 17.3. The molecule has 0 aliphatic rings. The smallest absolute Gasteiger partial charge is 0.261 e. The van der Waals surface area contributed by atoms with Gasteiger partial charge in [0.05, 0.1) is 4.88 Å². The number of aldehydes is 1. The number of aromatic nitrogens is 1. The van der Waals surface area contributed by atoms with Crippen molar-refractivity contribution in [1.29, 1.82) is 0 Å². The van der Waals surface area contributed by atoms with Crippen LogP contribution in [-0.2, 0) is 0 Å². The maximum Gasteiger partial charge on any atom is 0.261 e. The molecule has 0 unspecified atom stereocenters. The Morgan fingerprint density at radius 1 is 1.00 bits per heavy atom. The van der Waals surface area contributed by atoms with Crippen LogP contribution in [0, 0.1) is 11.6 Å². The summed E-state index contributed by atoms with van der Waals surface area (Å²) in [6, 6.07) is 13.1. The average Bonchev–Trinajstić information content (AvgIpc) is 3.24. The van der Waals surface area contributed by atoms with Gasteiger partial charge < -0.3 is 5.32 Å². The number of hydrogen-bond donors (Lipinski definition) is 1. The van der Waals surface area contributed by atoms with Crippen molar-refractivity contribution >= 4 is 35.0 Å². The van der Waals surface area contributed by atoms with Gasteiger partial charge in [-0.05, 0) is 48.9 Å². The van der Waals surface area contributed by atoms with Crippen LogP contribution in [0.15, 0.2) is 67.0 Å². The third-order valence-corrected chi connectivity index (χ3v) is 6.06. The van der Waals surface area contributed by atoms with Crippen LogP contribution in [0.1, 0.15) is 37.3 Å². The van der Waals surface area contributed by atoms with Crippen LogP contribution < -0.4 is 5.32 Å². The third kappa shape index (κ3) is 4.47. The molecule has 0 aliphatic heterocycles. The first-order valence-electron chi connectivity index (χ1n) is 9.79. The predicted molar refractivity (Wildman–Crippen MR) is 123 cm³/mol. The molecule has 2 heterocycles. The zero-order chi connectivity index (χ0) is 23.5. The van der Waals surface area contributed by atoms with Crippen molar-refractivity contribution in [3.8, 4) is 21.6 Å². The van der Waals surface area contributed by atoms with Gasteiger partial charge in [0.1, 0.15) is 17.2 Å². The molecule has 2 aromatic heterocycles. The number of anilines is 1. The number of rotatable bonds is 6. The van der Waals surface area contributed by atoms with Gasteiger partial charge in [-0.15, -0.1) is 11.3 Å². The topological polar surface area (TPSA) is 76.1 Å². The summed E-state index contributed by atoms with van der Waals surface area (Å²) in [4.78, 5) is 41.9. The molecule has 5 nitrogen and oxygen atoms in total. The first-order valence-corrected chi connectivity index (χ1v) is 10.6. The van der Waals surface area contributed by atoms with Gasteiger partial charge in [-0.2, -0.15) is 0 Å². The van der Waals surface area contributed by atoms with Crippen LogP contribution >= 0.6 is 11.3 Å². The summed E-state index contributed by atoms with van der Waals surface area (Å²) in [5.41, 5.74) is 1.63. The van der Waals surface area contributed by atoms with E-state index < -0.39 is 23.1 Å². The number of Topliss-reactive ketones (excluding diaryl/α,β-unsaturated/α-hetero) is 1. The van der Waals surface area contributed by atoms with E-state index in [4.69, 9.17) is 0 Å². The van der Waals surface area contributed by atoms with Crippen LogP contribution in [0.4, 0.5) is 14.5 Å². The molecular formula is C25H16F2N2O3S. The average molecular weight is 462 g/mol. The largest absolute Gasteiger partial charge is 0.322 e. The molecule has 0 atom stereocenters. The summed E-state index contributed by atoms with van der Waals surface area (Å²) in [5, 5.41) is 2.43. The summed E-state index contributed by atoms with van der Waals surface area (Å²) in [5.74, 6) is -3.26. The molecule has 2 aromatic carbocycles. The first kappa shape index (κ1) is 22.2. The molecule has 164 valence electrons. The molecule has 33 heavy (non-hydrogen) atoms. The fourth-order valence-corrected chi connectivity index (χ4v) is 4.39. The number of halogens is 2. The van der Waals surface area contributed by atoms with Gasteiger partial charge in [0, 0.05) is 39.6 Å². The lowest BCUT2D eigenvalue weighted by molar-refractivity contribution is 0.100. The van der Waals surface area contributed by atoms with E-state index in [1.165, 1.54) is 30.4 Å². The van der Waals surface area contributed by atoms with Gasteiger partial charge in [-0.1, -0.05) is 18.2 Å². The van der Waals surface area contributed by atoms with Gasteiger partial charge in [0.25, 0.3) is 5.91 Å². The van der Waals surface area contributed by atoms with Gasteiger partial charge in [0.2, 0.25) is 0 Å². The molecule has 0 radical (unpaired) electrons. The van der Waals surface area contributed by atoms with Crippen molar-refractivity contribution < 1.29 is 23.2 Å². The Labute approximate surface area is 191 Å². The molecule has 1 N–H and O–H groups in total. The van der Waals surface area contributed by atoms with Gasteiger partial charge in [-0.3, -0.25) is 19.4 Å². The highest BCUT2D eigenvalue weighted by atomic mass is 32.1. The molecule has 8 heteroatoms. The Balaban J connectivity index is 1.73. The fourth-order valence-electron chi connectivity index (χ4n) is 3.41. The van der Waals surface area contributed by atoms with Crippen molar-refractivity contribution in [2.24, 2.45) is 0 Å². The summed E-state index contributed by atoms with van der Waals surface area (Å²) < 4.78 is 27.9. The van der Waals surface area contributed by atoms with Crippen molar-refractivity contribution in [3.05, 3.63) is 94.6 Å². The molecular weight excluding hydrogens is 446 g/mol. The Morgan fingerprint density at radius 3 is 2.39 bits per heavy atom. The number of amides is 1. The van der Waals surface area contributed by atoms with Crippen LogP contribution in [0.3, 0.4) is 0 Å². The molecule has 1 amide bonds. The highest BCUT2D eigenvalue weighted by Gasteiger charge is 2.20. The molecule has 4 aromatic rings. The number of thiophene rings is 1. The lowest BCUT2D eigenvalue weighted by Gasteiger charge is -2.11. The minimum atomic E-state index is -0.993. The number of carbonyl (C=O) groups is 3. The quantitative estimate of drug-likeness (QED) is 0.281. The second-order valence-electron chi connectivity index (χ2n) is 7.12. The number of ketones is 1. The summed E-state index contributed by atoms with van der Waals surface area (Å²) in [6.45, 7) is 1.36. The van der Waals surface area contributed by atoms with E-state index in [0.717, 1.165) is 34.9 Å². The lowest BCUT2D eigenvalue weighted by Crippen LogP contribution is -2.16. The standard InChI is InChI=1S/C25H16F2N2O3S/c1-14(31)18-10-16(29-25(32)24-20(26)5-2-6-21(24)27)7-8-17(18)19-11-22(33-23(19)13-30)15-4-3-9-28-12-15/h2-13H,1H3,(H,29,32). The first-order chi connectivity index (χ1) is 15.9. The van der Waals surface area contributed by atoms with E-state index in [1.807, 2.05) is 6.07 Å². The Bertz CT molecular complexity index is 1360. The molecule has 0 aliphatic carbocycles. The van der Waals surface area contributed by atoms with E-state index in [1.54, 1.807) is 30.6 Å². The van der Waals surface area contributed by atoms with Crippen LogP contribution in [0.25, 0.3) is 21.6 Å². The predicted octanol–water partition coefficient (Wildman–Crippen LogP) is 6.02. The number of hydrogen-bond acceptors (Lipinski definition) is 5. The highest BCUT2D eigenvalue weighted by molar-refractivity contribution is 7.17. The maximum absolute atomic E-state index is 13.9. The molecule has 0 saturated carbocycles. The minimum absolute atomic E-state index is 0.187. The van der Waals surface area contributed by atoms with E-state index in [9.17, 15) is 23.2 Å². The van der Waals surface area contributed by atoms with E-state index in [0.29, 0.717) is 16.0 Å². The van der Waals surface area contributed by atoms with Gasteiger partial charge >= 0.3 is 0 Å². The Kier molecular flexibility index (Phi) is 6.19. The normalized spacial score (nSPS) is 10.6. The highest BCUT2D eigenvalue weighted by Crippen LogP contribution is 2.38. The lowest BCUT2D eigenvalue weighted by atomic mass is 9.96. The van der Waals surface area contributed by atoms with Crippen molar-refractivity contribution in [3.63, 3.8) is 0 Å². The molecule has 0 fully saturated rings. The fraction of sp³-hybridized carbons (Fsp3) is 0.0400. The summed E-state index contributed by atoms with van der Waals surface area (Å²) in [7, 11) is 0. The van der Waals surface area contributed by atoms with E-state index >= 15 is 0 Å². The Hall–Kier alpha value is -4.04. The SMILES string of the molecule is CC(=O)c1cc(NC(=O)c2c(F)cccc2F)ccc1-c1cc(-c2cccnc2)sc1C=O. The minimum Gasteiger partial charge on any atom is -0.322 e. The zero-order valence-corrected chi connectivity index (χ0v) is 18.1. The van der Waals surface area contributed by atoms with Crippen molar-refractivity contribution in [2.45, 2.75) is 6.92 Å². The van der Waals surface area contributed by atoms with Crippen LogP contribution in [-0.4, -0.2) is 23.0 Å². The molecule has 4 rings (SSSR count). The van der Waals surface area contributed by atoms with Crippen LogP contribution in [0.2, 0.25) is 0 Å². The second-order valence-corrected chi connectivity index (χ2v) is 8.20. The van der Waals surface area contributed by atoms with Crippen molar-refractivity contribution in [1.82, 2.24) is 4.98 Å². The summed E-state index contributed by atoms with van der Waals surface area (Å²) >= 11 is 1.27. The monoisotopic (exact) mass is 462 g/mol. The number of benzene rings is 2. The molecule has 0 bridgehead atoms. The number of nitrogens with zero attached hydrogens (tertiary/aromatic N) is 1. The maximum atomic E-state index is 13.9. The third-order valence-electron chi connectivity index (χ3n) is 4.95. The second kappa shape index (κ2) is 9.22. The van der Waals surface area contributed by atoms with Gasteiger partial charge in [0.15, 0.2) is 12.1 Å². The number of nitrogens with one attached hydrogen (secondary N) is 1. The molecule has 0 saturated heterocycles. The van der Waals surface area contributed by atoms with Crippen LogP contribution in [0.5, 0.6) is 0 Å². The van der Waals surface area contributed by atoms with E-state index in [2.05, 4.69) is 10.3 Å².